The molecule has 0 aliphatic heterocycles. The average Bonchev–Trinajstić information content (AvgIpc) is 2.64. The van der Waals surface area contributed by atoms with Crippen LogP contribution in [0.3, 0.4) is 0 Å². The van der Waals surface area contributed by atoms with Crippen molar-refractivity contribution >= 4 is 17.6 Å². The topological polar surface area (TPSA) is 46.5 Å². The third-order valence-corrected chi connectivity index (χ3v) is 4.64. The number of carboxylic acids is 1. The van der Waals surface area contributed by atoms with E-state index in [2.05, 4.69) is 0 Å². The van der Waals surface area contributed by atoms with Gasteiger partial charge in [-0.1, -0.05) is 23.7 Å². The number of halogens is 10. The third kappa shape index (κ3) is 7.72. The SMILES string of the molecule is O=C(O)C(CC(F)(F)F)c1cc(Cl)c(OCCC(F)(F)F)c(-c2ccc(C(F)(F)F)cc2)c1. The molecule has 33 heavy (non-hydrogen) atoms. The molecule has 0 radical (unpaired) electrons. The van der Waals surface area contributed by atoms with Gasteiger partial charge in [-0.2, -0.15) is 39.5 Å². The van der Waals surface area contributed by atoms with Crippen LogP contribution in [0.1, 0.15) is 29.9 Å². The van der Waals surface area contributed by atoms with Crippen LogP contribution in [-0.2, 0) is 11.0 Å². The second kappa shape index (κ2) is 9.70. The molecule has 0 saturated heterocycles. The third-order valence-electron chi connectivity index (χ3n) is 4.36. The van der Waals surface area contributed by atoms with Crippen LogP contribution in [0.4, 0.5) is 39.5 Å². The highest BCUT2D eigenvalue weighted by Gasteiger charge is 2.37. The molecule has 0 amide bonds. The van der Waals surface area contributed by atoms with E-state index in [4.69, 9.17) is 16.3 Å². The first-order valence-electron chi connectivity index (χ1n) is 8.98. The van der Waals surface area contributed by atoms with Gasteiger partial charge in [-0.05, 0) is 35.4 Å². The smallest absolute Gasteiger partial charge is 0.416 e. The molecule has 2 aromatic rings. The maximum absolute atomic E-state index is 12.9. The molecular weight excluding hydrogens is 495 g/mol. The average molecular weight is 509 g/mol. The van der Waals surface area contributed by atoms with Gasteiger partial charge in [0.2, 0.25) is 0 Å². The van der Waals surface area contributed by atoms with E-state index in [0.717, 1.165) is 24.3 Å². The molecule has 1 N–H and O–H groups in total. The summed E-state index contributed by atoms with van der Waals surface area (Å²) in [6.07, 6.45) is -17.4. The van der Waals surface area contributed by atoms with Crippen LogP contribution in [0, 0.1) is 0 Å². The van der Waals surface area contributed by atoms with E-state index in [1.54, 1.807) is 0 Å². The van der Waals surface area contributed by atoms with Gasteiger partial charge in [0, 0.05) is 5.56 Å². The first kappa shape index (κ1) is 26.6. The fourth-order valence-electron chi connectivity index (χ4n) is 2.86. The number of carboxylic acid groups (broad SMARTS) is 1. The first-order chi connectivity index (χ1) is 15.0. The summed E-state index contributed by atoms with van der Waals surface area (Å²) in [6.45, 7) is -0.943. The van der Waals surface area contributed by atoms with Crippen molar-refractivity contribution in [1.82, 2.24) is 0 Å². The monoisotopic (exact) mass is 508 g/mol. The second-order valence-corrected chi connectivity index (χ2v) is 7.29. The fraction of sp³-hybridized carbons (Fsp3) is 0.350. The summed E-state index contributed by atoms with van der Waals surface area (Å²) in [7, 11) is 0. The number of rotatable bonds is 7. The van der Waals surface area contributed by atoms with E-state index >= 15 is 0 Å². The van der Waals surface area contributed by atoms with E-state index in [0.29, 0.717) is 12.1 Å². The number of hydrogen-bond donors (Lipinski definition) is 1. The van der Waals surface area contributed by atoms with E-state index in [1.807, 2.05) is 0 Å². The Morgan fingerprint density at radius 1 is 0.939 bits per heavy atom. The number of ether oxygens (including phenoxy) is 1. The zero-order chi connectivity index (χ0) is 25.2. The van der Waals surface area contributed by atoms with Crippen LogP contribution in [0.5, 0.6) is 5.75 Å². The molecule has 0 aliphatic rings. The molecule has 0 aromatic heterocycles. The standard InChI is InChI=1S/C20H14ClF9O3/c21-15-8-11(14(17(31)32)9-19(25,26)27)7-13(16(15)33-6-5-18(22,23)24)10-1-3-12(4-2-10)20(28,29)30/h1-4,7-8,14H,5-6,9H2,(H,31,32). The van der Waals surface area contributed by atoms with Crippen molar-refractivity contribution < 1.29 is 54.2 Å². The molecule has 0 heterocycles. The molecule has 3 nitrogen and oxygen atoms in total. The van der Waals surface area contributed by atoms with E-state index in [9.17, 15) is 49.4 Å². The summed E-state index contributed by atoms with van der Waals surface area (Å²) in [5, 5.41) is 8.74. The summed E-state index contributed by atoms with van der Waals surface area (Å²) in [5.41, 5.74) is -1.87. The quantitative estimate of drug-likeness (QED) is 0.394. The summed E-state index contributed by atoms with van der Waals surface area (Å²) in [6, 6.07) is 4.80. The second-order valence-electron chi connectivity index (χ2n) is 6.88. The molecule has 182 valence electrons. The van der Waals surface area contributed by atoms with E-state index < -0.39 is 71.8 Å². The largest absolute Gasteiger partial charge is 0.491 e. The van der Waals surface area contributed by atoms with Crippen LogP contribution < -0.4 is 4.74 Å². The van der Waals surface area contributed by atoms with Crippen molar-refractivity contribution in [2.75, 3.05) is 6.61 Å². The predicted octanol–water partition coefficient (Wildman–Crippen LogP) is 7.48. The van der Waals surface area contributed by atoms with Crippen LogP contribution in [0.2, 0.25) is 5.02 Å². The van der Waals surface area contributed by atoms with Crippen molar-refractivity contribution in [2.24, 2.45) is 0 Å². The van der Waals surface area contributed by atoms with Crippen molar-refractivity contribution in [1.29, 1.82) is 0 Å². The Kier molecular flexibility index (Phi) is 7.82. The molecule has 2 rings (SSSR count). The molecule has 0 spiro atoms. The molecule has 2 aromatic carbocycles. The van der Waals surface area contributed by atoms with Gasteiger partial charge in [0.05, 0.1) is 36.0 Å². The van der Waals surface area contributed by atoms with Crippen LogP contribution in [-0.4, -0.2) is 30.0 Å². The summed E-state index contributed by atoms with van der Waals surface area (Å²) >= 11 is 6.00. The van der Waals surface area contributed by atoms with Crippen molar-refractivity contribution in [3.63, 3.8) is 0 Å². The minimum atomic E-state index is -4.88. The van der Waals surface area contributed by atoms with Crippen LogP contribution in [0.15, 0.2) is 36.4 Å². The van der Waals surface area contributed by atoms with Gasteiger partial charge < -0.3 is 9.84 Å². The van der Waals surface area contributed by atoms with Gasteiger partial charge in [-0.3, -0.25) is 4.79 Å². The lowest BCUT2D eigenvalue weighted by Gasteiger charge is -2.20. The number of benzene rings is 2. The zero-order valence-corrected chi connectivity index (χ0v) is 17.0. The molecule has 0 bridgehead atoms. The van der Waals surface area contributed by atoms with Gasteiger partial charge >= 0.3 is 24.5 Å². The normalized spacial score (nSPS) is 13.6. The Hall–Kier alpha value is -2.63. The Morgan fingerprint density at radius 2 is 1.52 bits per heavy atom. The van der Waals surface area contributed by atoms with Crippen molar-refractivity contribution in [3.8, 4) is 16.9 Å². The molecular formula is C20H14ClF9O3. The molecule has 13 heteroatoms. The number of hydrogen-bond acceptors (Lipinski definition) is 2. The van der Waals surface area contributed by atoms with Crippen LogP contribution >= 0.6 is 11.6 Å². The predicted molar refractivity (Wildman–Crippen MR) is 99.1 cm³/mol. The Bertz CT molecular complexity index is 980. The summed E-state index contributed by atoms with van der Waals surface area (Å²) < 4.78 is 120. The van der Waals surface area contributed by atoms with Gasteiger partial charge in [-0.15, -0.1) is 0 Å². The lowest BCUT2D eigenvalue weighted by molar-refractivity contribution is -0.157. The van der Waals surface area contributed by atoms with Crippen molar-refractivity contribution in [2.45, 2.75) is 37.3 Å². The number of carbonyl (C=O) groups is 1. The molecule has 1 atom stereocenters. The Balaban J connectivity index is 2.59. The Labute approximate surface area is 185 Å². The maximum atomic E-state index is 12.9. The first-order valence-corrected chi connectivity index (χ1v) is 9.36. The number of aliphatic carboxylic acids is 1. The van der Waals surface area contributed by atoms with Gasteiger partial charge in [-0.25, -0.2) is 0 Å². The highest BCUT2D eigenvalue weighted by molar-refractivity contribution is 6.32. The van der Waals surface area contributed by atoms with Gasteiger partial charge in [0.1, 0.15) is 5.75 Å². The van der Waals surface area contributed by atoms with Gasteiger partial charge in [0.15, 0.2) is 0 Å². The van der Waals surface area contributed by atoms with Crippen LogP contribution in [0.25, 0.3) is 11.1 Å². The number of alkyl halides is 9. The minimum Gasteiger partial charge on any atom is -0.491 e. The fourth-order valence-corrected chi connectivity index (χ4v) is 3.15. The molecule has 0 fully saturated rings. The highest BCUT2D eigenvalue weighted by Crippen LogP contribution is 2.42. The van der Waals surface area contributed by atoms with Crippen molar-refractivity contribution in [3.05, 3.63) is 52.5 Å². The minimum absolute atomic E-state index is 0.0927. The van der Waals surface area contributed by atoms with E-state index in [1.165, 1.54) is 0 Å². The summed E-state index contributed by atoms with van der Waals surface area (Å²) in [5.74, 6) is -4.42. The lowest BCUT2D eigenvalue weighted by atomic mass is 9.91. The maximum Gasteiger partial charge on any atom is 0.416 e. The molecule has 1 unspecified atom stereocenters. The molecule has 0 aliphatic carbocycles. The van der Waals surface area contributed by atoms with E-state index in [-0.39, 0.29) is 11.1 Å². The highest BCUT2D eigenvalue weighted by atomic mass is 35.5. The summed E-state index contributed by atoms with van der Waals surface area (Å²) in [4.78, 5) is 11.4. The van der Waals surface area contributed by atoms with Gasteiger partial charge in [0.25, 0.3) is 0 Å². The molecule has 0 saturated carbocycles. The lowest BCUT2D eigenvalue weighted by Crippen LogP contribution is -2.20. The zero-order valence-electron chi connectivity index (χ0n) is 16.2. The Morgan fingerprint density at radius 3 is 1.97 bits per heavy atom.